The third-order valence-electron chi connectivity index (χ3n) is 2.86. The van der Waals surface area contributed by atoms with Gasteiger partial charge in [0.05, 0.1) is 4.90 Å². The third-order valence-corrected chi connectivity index (χ3v) is 4.23. The third kappa shape index (κ3) is 4.84. The molecule has 1 rings (SSSR count). The van der Waals surface area contributed by atoms with Gasteiger partial charge in [0.15, 0.2) is 0 Å². The van der Waals surface area contributed by atoms with Crippen LogP contribution in [0.4, 0.5) is 0 Å². The molecular formula is C13H18ClNO3S. The van der Waals surface area contributed by atoms with Crippen molar-refractivity contribution in [2.45, 2.75) is 44.0 Å². The van der Waals surface area contributed by atoms with E-state index in [-0.39, 0.29) is 16.8 Å². The smallest absolute Gasteiger partial charge is 0.261 e. The first-order chi connectivity index (χ1) is 8.88. The Balaban J connectivity index is 2.78. The second-order valence-corrected chi connectivity index (χ2v) is 6.90. The van der Waals surface area contributed by atoms with Gasteiger partial charge in [-0.1, -0.05) is 20.3 Å². The number of rotatable bonds is 6. The van der Waals surface area contributed by atoms with Crippen LogP contribution >= 0.6 is 10.7 Å². The van der Waals surface area contributed by atoms with E-state index in [0.29, 0.717) is 5.56 Å². The Bertz CT molecular complexity index is 525. The zero-order valence-electron chi connectivity index (χ0n) is 11.0. The Kier molecular flexibility index (Phi) is 5.82. The molecule has 19 heavy (non-hydrogen) atoms. The van der Waals surface area contributed by atoms with E-state index in [1.807, 2.05) is 6.92 Å². The maximum Gasteiger partial charge on any atom is 0.261 e. The maximum absolute atomic E-state index is 12.0. The summed E-state index contributed by atoms with van der Waals surface area (Å²) in [6.45, 7) is 4.08. The molecule has 0 aliphatic rings. The lowest BCUT2D eigenvalue weighted by Crippen LogP contribution is -2.34. The molecule has 0 aromatic heterocycles. The van der Waals surface area contributed by atoms with E-state index >= 15 is 0 Å². The molecule has 1 aromatic rings. The SMILES string of the molecule is CCCC(CC)NC(=O)c1ccc(S(=O)(=O)Cl)cc1. The Hall–Kier alpha value is -1.07. The zero-order chi connectivity index (χ0) is 14.5. The van der Waals surface area contributed by atoms with Crippen molar-refractivity contribution < 1.29 is 13.2 Å². The average Bonchev–Trinajstić information content (AvgIpc) is 2.37. The van der Waals surface area contributed by atoms with Crippen LogP contribution in [-0.4, -0.2) is 20.4 Å². The van der Waals surface area contributed by atoms with Gasteiger partial charge in [-0.15, -0.1) is 0 Å². The second kappa shape index (κ2) is 6.91. The number of benzene rings is 1. The van der Waals surface area contributed by atoms with E-state index in [4.69, 9.17) is 10.7 Å². The summed E-state index contributed by atoms with van der Waals surface area (Å²) < 4.78 is 22.2. The van der Waals surface area contributed by atoms with Crippen LogP contribution in [0.1, 0.15) is 43.5 Å². The summed E-state index contributed by atoms with van der Waals surface area (Å²) in [4.78, 5) is 11.9. The van der Waals surface area contributed by atoms with Crippen molar-refractivity contribution in [1.82, 2.24) is 5.32 Å². The summed E-state index contributed by atoms with van der Waals surface area (Å²) in [7, 11) is 1.47. The van der Waals surface area contributed by atoms with E-state index < -0.39 is 9.05 Å². The minimum absolute atomic E-state index is 0.00804. The molecule has 1 aromatic carbocycles. The van der Waals surface area contributed by atoms with Crippen LogP contribution < -0.4 is 5.32 Å². The van der Waals surface area contributed by atoms with Gasteiger partial charge in [-0.05, 0) is 37.1 Å². The molecule has 0 saturated heterocycles. The molecule has 1 N–H and O–H groups in total. The summed E-state index contributed by atoms with van der Waals surface area (Å²) in [5.74, 6) is -0.196. The fourth-order valence-electron chi connectivity index (χ4n) is 1.76. The fraction of sp³-hybridized carbons (Fsp3) is 0.462. The highest BCUT2D eigenvalue weighted by atomic mass is 35.7. The van der Waals surface area contributed by atoms with Gasteiger partial charge in [0.2, 0.25) is 0 Å². The van der Waals surface area contributed by atoms with Crippen molar-refractivity contribution in [1.29, 1.82) is 0 Å². The average molecular weight is 304 g/mol. The van der Waals surface area contributed by atoms with Gasteiger partial charge in [-0.2, -0.15) is 0 Å². The van der Waals surface area contributed by atoms with Crippen molar-refractivity contribution in [2.75, 3.05) is 0 Å². The molecule has 0 saturated carbocycles. The first-order valence-corrected chi connectivity index (χ1v) is 8.55. The number of hydrogen-bond donors (Lipinski definition) is 1. The largest absolute Gasteiger partial charge is 0.349 e. The van der Waals surface area contributed by atoms with E-state index in [9.17, 15) is 13.2 Å². The summed E-state index contributed by atoms with van der Waals surface area (Å²) in [6, 6.07) is 5.73. The van der Waals surface area contributed by atoms with Crippen LogP contribution in [-0.2, 0) is 9.05 Å². The molecule has 1 unspecified atom stereocenters. The van der Waals surface area contributed by atoms with E-state index in [1.165, 1.54) is 24.3 Å². The van der Waals surface area contributed by atoms with E-state index in [2.05, 4.69) is 12.2 Å². The minimum atomic E-state index is -3.74. The van der Waals surface area contributed by atoms with Crippen LogP contribution in [0.15, 0.2) is 29.2 Å². The Labute approximate surface area is 118 Å². The molecule has 1 atom stereocenters. The first kappa shape index (κ1) is 16.0. The molecule has 0 aliphatic carbocycles. The molecule has 1 amide bonds. The normalized spacial score (nSPS) is 13.0. The highest BCUT2D eigenvalue weighted by molar-refractivity contribution is 8.13. The Morgan fingerprint density at radius 2 is 1.84 bits per heavy atom. The molecule has 0 heterocycles. The lowest BCUT2D eigenvalue weighted by atomic mass is 10.1. The van der Waals surface area contributed by atoms with Crippen LogP contribution in [0, 0.1) is 0 Å². The van der Waals surface area contributed by atoms with Crippen LogP contribution in [0.25, 0.3) is 0 Å². The lowest BCUT2D eigenvalue weighted by Gasteiger charge is -2.16. The zero-order valence-corrected chi connectivity index (χ0v) is 12.6. The van der Waals surface area contributed by atoms with Gasteiger partial charge in [0.1, 0.15) is 0 Å². The predicted octanol–water partition coefficient (Wildman–Crippen LogP) is 2.92. The van der Waals surface area contributed by atoms with Crippen molar-refractivity contribution in [2.24, 2.45) is 0 Å². The topological polar surface area (TPSA) is 63.2 Å². The van der Waals surface area contributed by atoms with Gasteiger partial charge >= 0.3 is 0 Å². The van der Waals surface area contributed by atoms with Crippen molar-refractivity contribution in [3.05, 3.63) is 29.8 Å². The maximum atomic E-state index is 12.0. The van der Waals surface area contributed by atoms with Crippen molar-refractivity contribution >= 4 is 25.6 Å². The van der Waals surface area contributed by atoms with E-state index in [1.54, 1.807) is 0 Å². The molecule has 0 spiro atoms. The summed E-state index contributed by atoms with van der Waals surface area (Å²) >= 11 is 0. The lowest BCUT2D eigenvalue weighted by molar-refractivity contribution is 0.0933. The number of amides is 1. The summed E-state index contributed by atoms with van der Waals surface area (Å²) in [5, 5.41) is 2.92. The second-order valence-electron chi connectivity index (χ2n) is 4.33. The monoisotopic (exact) mass is 303 g/mol. The number of carbonyl (C=O) groups is 1. The fourth-order valence-corrected chi connectivity index (χ4v) is 2.53. The standard InChI is InChI=1S/C13H18ClNO3S/c1-3-5-11(4-2)15-13(16)10-6-8-12(9-7-10)19(14,17)18/h6-9,11H,3-5H2,1-2H3,(H,15,16). The van der Waals surface area contributed by atoms with Gasteiger partial charge in [0.25, 0.3) is 15.0 Å². The van der Waals surface area contributed by atoms with Gasteiger partial charge < -0.3 is 5.32 Å². The van der Waals surface area contributed by atoms with Gasteiger partial charge in [0, 0.05) is 22.3 Å². The quantitative estimate of drug-likeness (QED) is 0.822. The predicted molar refractivity (Wildman–Crippen MR) is 75.9 cm³/mol. The van der Waals surface area contributed by atoms with Crippen molar-refractivity contribution in [3.63, 3.8) is 0 Å². The molecule has 0 aliphatic heterocycles. The summed E-state index contributed by atoms with van der Waals surface area (Å²) in [6.07, 6.45) is 2.80. The van der Waals surface area contributed by atoms with E-state index in [0.717, 1.165) is 19.3 Å². The Morgan fingerprint density at radius 1 is 1.26 bits per heavy atom. The number of hydrogen-bond acceptors (Lipinski definition) is 3. The summed E-state index contributed by atoms with van der Waals surface area (Å²) in [5.41, 5.74) is 0.429. The molecule has 106 valence electrons. The highest BCUT2D eigenvalue weighted by Gasteiger charge is 2.13. The molecule has 0 radical (unpaired) electrons. The Morgan fingerprint density at radius 3 is 2.26 bits per heavy atom. The van der Waals surface area contributed by atoms with Gasteiger partial charge in [-0.25, -0.2) is 8.42 Å². The minimum Gasteiger partial charge on any atom is -0.349 e. The van der Waals surface area contributed by atoms with Crippen LogP contribution in [0.5, 0.6) is 0 Å². The number of carbonyl (C=O) groups excluding carboxylic acids is 1. The first-order valence-electron chi connectivity index (χ1n) is 6.24. The molecule has 0 fully saturated rings. The van der Waals surface area contributed by atoms with Gasteiger partial charge in [-0.3, -0.25) is 4.79 Å². The number of halogens is 1. The van der Waals surface area contributed by atoms with Crippen molar-refractivity contribution in [3.8, 4) is 0 Å². The number of nitrogens with one attached hydrogen (secondary N) is 1. The molecule has 6 heteroatoms. The molecular weight excluding hydrogens is 286 g/mol. The molecule has 4 nitrogen and oxygen atoms in total. The van der Waals surface area contributed by atoms with Crippen LogP contribution in [0.3, 0.4) is 0 Å². The van der Waals surface area contributed by atoms with Crippen LogP contribution in [0.2, 0.25) is 0 Å². The molecule has 0 bridgehead atoms. The highest BCUT2D eigenvalue weighted by Crippen LogP contribution is 2.15.